The van der Waals surface area contributed by atoms with Gasteiger partial charge in [0.15, 0.2) is 11.5 Å². The van der Waals surface area contributed by atoms with Crippen LogP contribution in [0, 0.1) is 5.92 Å². The molecular formula is C37H41BrN2O5S. The lowest BCUT2D eigenvalue weighted by molar-refractivity contribution is -0.224. The molecule has 242 valence electrons. The summed E-state index contributed by atoms with van der Waals surface area (Å²) in [4.78, 5) is 32.6. The normalized spacial score (nSPS) is 27.8. The molecule has 2 bridgehead atoms. The summed E-state index contributed by atoms with van der Waals surface area (Å²) in [7, 11) is 0. The SMILES string of the molecule is CC(=O)O[C@@]12CC[C@H](N(CC(C)C)C(=O)/C=C/c3cc(Br)cs3)[C@@H]3Oc4c(O)ccc5c4[C@@]31CCN(CCc1ccccc1)[C@@H]2C5. The molecule has 7 rings (SSSR count). The molecule has 2 aliphatic carbocycles. The molecule has 1 aromatic heterocycles. The van der Waals surface area contributed by atoms with Gasteiger partial charge < -0.3 is 19.5 Å². The monoisotopic (exact) mass is 704 g/mol. The Balaban J connectivity index is 1.30. The van der Waals surface area contributed by atoms with Crippen molar-refractivity contribution in [3.63, 3.8) is 0 Å². The van der Waals surface area contributed by atoms with Gasteiger partial charge in [-0.15, -0.1) is 11.3 Å². The van der Waals surface area contributed by atoms with Crippen LogP contribution in [0.5, 0.6) is 11.5 Å². The van der Waals surface area contributed by atoms with Crippen LogP contribution >= 0.6 is 27.3 Å². The number of esters is 1. The highest BCUT2D eigenvalue weighted by molar-refractivity contribution is 9.10. The first-order valence-electron chi connectivity index (χ1n) is 16.3. The summed E-state index contributed by atoms with van der Waals surface area (Å²) in [6, 6.07) is 16.0. The number of carbonyl (C=O) groups excluding carboxylic acids is 2. The van der Waals surface area contributed by atoms with Gasteiger partial charge in [0, 0.05) is 46.4 Å². The molecule has 1 saturated heterocycles. The van der Waals surface area contributed by atoms with Crippen LogP contribution in [-0.4, -0.2) is 70.2 Å². The highest BCUT2D eigenvalue weighted by atomic mass is 79.9. The zero-order valence-electron chi connectivity index (χ0n) is 26.6. The molecular weight excluding hydrogens is 664 g/mol. The number of likely N-dealkylation sites (tertiary alicyclic amines) is 1. The second kappa shape index (κ2) is 12.1. The van der Waals surface area contributed by atoms with E-state index in [1.807, 2.05) is 34.6 Å². The molecule has 46 heavy (non-hydrogen) atoms. The number of thiophene rings is 1. The molecule has 3 heterocycles. The van der Waals surface area contributed by atoms with Gasteiger partial charge in [-0.2, -0.15) is 0 Å². The van der Waals surface area contributed by atoms with Crippen molar-refractivity contribution < 1.29 is 24.2 Å². The van der Waals surface area contributed by atoms with Crippen LogP contribution in [0.25, 0.3) is 6.08 Å². The lowest BCUT2D eigenvalue weighted by Crippen LogP contribution is -2.79. The molecule has 0 radical (unpaired) electrons. The number of benzene rings is 2. The highest BCUT2D eigenvalue weighted by Gasteiger charge is 2.75. The lowest BCUT2D eigenvalue weighted by Gasteiger charge is -2.65. The second-order valence-electron chi connectivity index (χ2n) is 13.7. The van der Waals surface area contributed by atoms with E-state index in [2.05, 4.69) is 58.9 Å². The molecule has 5 atom stereocenters. The molecule has 1 spiro atoms. The van der Waals surface area contributed by atoms with Crippen LogP contribution in [0.2, 0.25) is 0 Å². The van der Waals surface area contributed by atoms with E-state index >= 15 is 0 Å². The zero-order chi connectivity index (χ0) is 32.2. The number of halogens is 1. The minimum Gasteiger partial charge on any atom is -0.504 e. The number of phenols is 1. The Kier molecular flexibility index (Phi) is 8.31. The zero-order valence-corrected chi connectivity index (χ0v) is 29.0. The Morgan fingerprint density at radius 1 is 1.22 bits per heavy atom. The van der Waals surface area contributed by atoms with Gasteiger partial charge in [-0.1, -0.05) is 50.2 Å². The molecule has 2 fully saturated rings. The third-order valence-electron chi connectivity index (χ3n) is 10.6. The molecule has 3 aromatic rings. The summed E-state index contributed by atoms with van der Waals surface area (Å²) in [6.45, 7) is 7.99. The number of phenolic OH excluding ortho intramolecular Hbond substituents is 1. The third kappa shape index (κ3) is 5.10. The maximum absolute atomic E-state index is 14.1. The van der Waals surface area contributed by atoms with E-state index in [4.69, 9.17) is 9.47 Å². The Morgan fingerprint density at radius 2 is 2.02 bits per heavy atom. The molecule has 1 saturated carbocycles. The largest absolute Gasteiger partial charge is 0.504 e. The maximum atomic E-state index is 14.1. The second-order valence-corrected chi connectivity index (χ2v) is 15.5. The Labute approximate surface area is 283 Å². The fourth-order valence-electron chi connectivity index (χ4n) is 8.99. The van der Waals surface area contributed by atoms with Crippen molar-refractivity contribution in [3.8, 4) is 11.5 Å². The molecule has 7 nitrogen and oxygen atoms in total. The fraction of sp³-hybridized carbons (Fsp3) is 0.459. The quantitative estimate of drug-likeness (QED) is 0.196. The summed E-state index contributed by atoms with van der Waals surface area (Å²) in [5, 5.41) is 13.2. The predicted molar refractivity (Wildman–Crippen MR) is 183 cm³/mol. The van der Waals surface area contributed by atoms with E-state index in [0.29, 0.717) is 38.0 Å². The number of nitrogens with zero attached hydrogens (tertiary/aromatic N) is 2. The van der Waals surface area contributed by atoms with E-state index < -0.39 is 17.1 Å². The number of carbonyl (C=O) groups is 2. The van der Waals surface area contributed by atoms with Crippen LogP contribution < -0.4 is 4.74 Å². The minimum absolute atomic E-state index is 0.0460. The smallest absolute Gasteiger partial charge is 0.303 e. The van der Waals surface area contributed by atoms with Gasteiger partial charge in [-0.05, 0) is 89.8 Å². The summed E-state index contributed by atoms with van der Waals surface area (Å²) >= 11 is 5.09. The third-order valence-corrected chi connectivity index (χ3v) is 12.2. The molecule has 4 aliphatic rings. The van der Waals surface area contributed by atoms with Crippen molar-refractivity contribution in [2.75, 3.05) is 19.6 Å². The summed E-state index contributed by atoms with van der Waals surface area (Å²) in [5.74, 6) is 0.475. The number of ether oxygens (including phenoxy) is 2. The van der Waals surface area contributed by atoms with Gasteiger partial charge in [0.25, 0.3) is 0 Å². The van der Waals surface area contributed by atoms with Crippen molar-refractivity contribution in [1.82, 2.24) is 9.80 Å². The molecule has 2 aliphatic heterocycles. The van der Waals surface area contributed by atoms with Crippen molar-refractivity contribution in [2.24, 2.45) is 5.92 Å². The van der Waals surface area contributed by atoms with Crippen molar-refractivity contribution in [3.05, 3.63) is 86.0 Å². The summed E-state index contributed by atoms with van der Waals surface area (Å²) in [5.41, 5.74) is 1.88. The number of hydrogen-bond donors (Lipinski definition) is 1. The first-order chi connectivity index (χ1) is 22.1. The molecule has 1 amide bonds. The Bertz CT molecular complexity index is 1670. The van der Waals surface area contributed by atoms with Crippen LogP contribution in [0.4, 0.5) is 0 Å². The fourth-order valence-corrected chi connectivity index (χ4v) is 10.3. The number of rotatable bonds is 9. The van der Waals surface area contributed by atoms with E-state index in [1.54, 1.807) is 23.5 Å². The van der Waals surface area contributed by atoms with Gasteiger partial charge in [0.2, 0.25) is 5.91 Å². The molecule has 1 N–H and O–H groups in total. The van der Waals surface area contributed by atoms with E-state index in [9.17, 15) is 14.7 Å². The van der Waals surface area contributed by atoms with Crippen molar-refractivity contribution >= 4 is 45.2 Å². The summed E-state index contributed by atoms with van der Waals surface area (Å²) in [6.07, 6.45) is 6.65. The van der Waals surface area contributed by atoms with Gasteiger partial charge in [0.05, 0.1) is 17.5 Å². The minimum atomic E-state index is -0.841. The van der Waals surface area contributed by atoms with Crippen LogP contribution in [0.15, 0.2) is 64.5 Å². The predicted octanol–water partition coefficient (Wildman–Crippen LogP) is 6.75. The first-order valence-corrected chi connectivity index (χ1v) is 18.0. The van der Waals surface area contributed by atoms with Gasteiger partial charge in [-0.25, -0.2) is 0 Å². The highest BCUT2D eigenvalue weighted by Crippen LogP contribution is 2.67. The van der Waals surface area contributed by atoms with E-state index in [-0.39, 0.29) is 35.6 Å². The number of amides is 1. The van der Waals surface area contributed by atoms with Gasteiger partial charge in [0.1, 0.15) is 11.7 Å². The van der Waals surface area contributed by atoms with Crippen molar-refractivity contribution in [1.29, 1.82) is 0 Å². The van der Waals surface area contributed by atoms with Gasteiger partial charge in [-0.3, -0.25) is 14.5 Å². The van der Waals surface area contributed by atoms with Crippen LogP contribution in [-0.2, 0) is 32.6 Å². The number of piperidine rings is 1. The topological polar surface area (TPSA) is 79.3 Å². The summed E-state index contributed by atoms with van der Waals surface area (Å²) < 4.78 is 14.5. The van der Waals surface area contributed by atoms with E-state index in [1.165, 1.54) is 12.5 Å². The standard InChI is InChI=1S/C37H41BrN2O5S/c1-23(2)21-40(32(43)12-10-28-20-27(38)22-46-28)29-13-15-37(45-24(3)41)31-19-26-9-11-30(42)34-33(26)36(37,35(29)44-34)16-18-39(31)17-14-25-7-5-4-6-8-25/h4-12,20,22-23,29,31,35,42H,13-19,21H2,1-3H3/b12-10+/t29-,31+,35-,36-,37+/m0/s1. The Hall–Kier alpha value is -3.14. The first kappa shape index (κ1) is 31.5. The molecule has 0 unspecified atom stereocenters. The average Bonchev–Trinajstić information content (AvgIpc) is 3.60. The number of aromatic hydroxyl groups is 1. The van der Waals surface area contributed by atoms with Crippen LogP contribution in [0.3, 0.4) is 0 Å². The van der Waals surface area contributed by atoms with Crippen LogP contribution in [0.1, 0.15) is 61.6 Å². The average molecular weight is 706 g/mol. The molecule has 2 aromatic carbocycles. The van der Waals surface area contributed by atoms with Gasteiger partial charge >= 0.3 is 5.97 Å². The maximum Gasteiger partial charge on any atom is 0.303 e. The van der Waals surface area contributed by atoms with Crippen molar-refractivity contribution in [2.45, 2.75) is 82.1 Å². The van der Waals surface area contributed by atoms with E-state index in [0.717, 1.165) is 40.0 Å². The molecule has 9 heteroatoms. The Morgan fingerprint density at radius 3 is 2.74 bits per heavy atom. The lowest BCUT2D eigenvalue weighted by atomic mass is 9.48. The number of hydrogen-bond acceptors (Lipinski definition) is 7.